The Hall–Kier alpha value is -0.640. The van der Waals surface area contributed by atoms with E-state index in [1.165, 1.54) is 20.0 Å². The highest BCUT2D eigenvalue weighted by Gasteiger charge is 2.16. The molecule has 22 heavy (non-hydrogen) atoms. The van der Waals surface area contributed by atoms with E-state index in [-0.39, 0.29) is 11.8 Å². The molecule has 0 fully saturated rings. The van der Waals surface area contributed by atoms with E-state index in [2.05, 4.69) is 29.8 Å². The van der Waals surface area contributed by atoms with E-state index in [0.717, 1.165) is 43.0 Å². The molecule has 0 N–H and O–H groups in total. The molecular formula is C18H31BrO3. The zero-order valence-electron chi connectivity index (χ0n) is 14.4. The first-order chi connectivity index (χ1) is 10.6. The molecule has 0 heterocycles. The fourth-order valence-electron chi connectivity index (χ4n) is 2.29. The number of ether oxygens (including phenoxy) is 1. The molecule has 0 aromatic rings. The summed E-state index contributed by atoms with van der Waals surface area (Å²) >= 11 is 3.51. The first-order valence-corrected chi connectivity index (χ1v) is 9.33. The summed E-state index contributed by atoms with van der Waals surface area (Å²) in [6.07, 6.45) is 10.1. The number of ketones is 1. The van der Waals surface area contributed by atoms with Crippen molar-refractivity contribution in [3.05, 3.63) is 10.1 Å². The van der Waals surface area contributed by atoms with Gasteiger partial charge in [-0.3, -0.25) is 4.79 Å². The van der Waals surface area contributed by atoms with Gasteiger partial charge in [0.05, 0.1) is 7.11 Å². The van der Waals surface area contributed by atoms with E-state index in [4.69, 9.17) is 4.74 Å². The molecule has 0 bridgehead atoms. The van der Waals surface area contributed by atoms with Gasteiger partial charge in [-0.1, -0.05) is 61.9 Å². The van der Waals surface area contributed by atoms with Crippen LogP contribution in [-0.4, -0.2) is 18.9 Å². The van der Waals surface area contributed by atoms with Crippen LogP contribution >= 0.6 is 15.9 Å². The number of hydrogen-bond acceptors (Lipinski definition) is 3. The van der Waals surface area contributed by atoms with Crippen LogP contribution in [0.2, 0.25) is 0 Å². The highest BCUT2D eigenvalue weighted by atomic mass is 79.9. The average Bonchev–Trinajstić information content (AvgIpc) is 2.51. The van der Waals surface area contributed by atoms with Crippen molar-refractivity contribution in [2.75, 3.05) is 7.11 Å². The number of hydrogen-bond donors (Lipinski definition) is 0. The quantitative estimate of drug-likeness (QED) is 0.235. The predicted molar refractivity (Wildman–Crippen MR) is 95.1 cm³/mol. The zero-order valence-corrected chi connectivity index (χ0v) is 16.0. The van der Waals surface area contributed by atoms with Crippen LogP contribution in [-0.2, 0) is 14.3 Å². The molecule has 4 heteroatoms. The summed E-state index contributed by atoms with van der Waals surface area (Å²) in [6, 6.07) is 0. The number of allylic oxidation sites excluding steroid dienone is 1. The largest absolute Gasteiger partial charge is 0.466 e. The Bertz CT molecular complexity index is 361. The Morgan fingerprint density at radius 1 is 0.818 bits per heavy atom. The lowest BCUT2D eigenvalue weighted by atomic mass is 10.0. The summed E-state index contributed by atoms with van der Waals surface area (Å²) in [6.45, 7) is 4.31. The molecule has 0 amide bonds. The van der Waals surface area contributed by atoms with Crippen LogP contribution in [0.1, 0.15) is 84.5 Å². The summed E-state index contributed by atoms with van der Waals surface area (Å²) in [4.78, 5) is 23.8. The van der Waals surface area contributed by atoms with Gasteiger partial charge in [0.15, 0.2) is 0 Å². The maximum atomic E-state index is 11.9. The standard InChI is InChI=1S/C18H31BrO3/c1-4-6-8-10-11-15(20)13-14-16(18(21)22-3)17(19)12-9-7-5-2/h4-14H2,1-3H3/b17-16-. The average molecular weight is 375 g/mol. The van der Waals surface area contributed by atoms with Crippen molar-refractivity contribution in [1.29, 1.82) is 0 Å². The smallest absolute Gasteiger partial charge is 0.334 e. The molecule has 0 aliphatic rings. The predicted octanol–water partition coefficient (Wildman–Crippen LogP) is 5.71. The van der Waals surface area contributed by atoms with E-state index in [1.54, 1.807) is 0 Å². The van der Waals surface area contributed by atoms with Gasteiger partial charge in [0, 0.05) is 22.9 Å². The first-order valence-electron chi connectivity index (χ1n) is 8.54. The van der Waals surface area contributed by atoms with Crippen LogP contribution in [0, 0.1) is 0 Å². The topological polar surface area (TPSA) is 43.4 Å². The third-order valence-electron chi connectivity index (χ3n) is 3.72. The summed E-state index contributed by atoms with van der Waals surface area (Å²) in [5, 5.41) is 0. The molecule has 0 spiro atoms. The summed E-state index contributed by atoms with van der Waals surface area (Å²) in [5.74, 6) is -0.0754. The fraction of sp³-hybridized carbons (Fsp3) is 0.778. The van der Waals surface area contributed by atoms with Gasteiger partial charge in [0.2, 0.25) is 0 Å². The molecule has 0 aliphatic heterocycles. The van der Waals surface area contributed by atoms with E-state index in [1.807, 2.05) is 0 Å². The molecule has 0 saturated heterocycles. The molecule has 128 valence electrons. The lowest BCUT2D eigenvalue weighted by Crippen LogP contribution is -2.09. The summed E-state index contributed by atoms with van der Waals surface area (Å²) in [7, 11) is 1.39. The van der Waals surface area contributed by atoms with Gasteiger partial charge < -0.3 is 4.74 Å². The Morgan fingerprint density at radius 2 is 1.41 bits per heavy atom. The Kier molecular flexibility index (Phi) is 13.6. The molecule has 0 aromatic heterocycles. The van der Waals surface area contributed by atoms with Crippen molar-refractivity contribution < 1.29 is 14.3 Å². The second-order valence-corrected chi connectivity index (χ2v) is 6.64. The lowest BCUT2D eigenvalue weighted by Gasteiger charge is -2.09. The van der Waals surface area contributed by atoms with Crippen LogP contribution in [0.3, 0.4) is 0 Å². The molecule has 0 aromatic carbocycles. The van der Waals surface area contributed by atoms with E-state index >= 15 is 0 Å². The maximum Gasteiger partial charge on any atom is 0.334 e. The molecule has 0 aliphatic carbocycles. The lowest BCUT2D eigenvalue weighted by molar-refractivity contribution is -0.136. The second-order valence-electron chi connectivity index (χ2n) is 5.68. The van der Waals surface area contributed by atoms with Gasteiger partial charge in [-0.05, 0) is 25.7 Å². The van der Waals surface area contributed by atoms with Gasteiger partial charge in [0.1, 0.15) is 5.78 Å². The zero-order chi connectivity index (χ0) is 16.8. The van der Waals surface area contributed by atoms with Gasteiger partial charge in [-0.15, -0.1) is 0 Å². The third-order valence-corrected chi connectivity index (χ3v) is 4.60. The van der Waals surface area contributed by atoms with Crippen molar-refractivity contribution in [1.82, 2.24) is 0 Å². The highest BCUT2D eigenvalue weighted by molar-refractivity contribution is 9.11. The van der Waals surface area contributed by atoms with Crippen LogP contribution in [0.15, 0.2) is 10.1 Å². The molecule has 3 nitrogen and oxygen atoms in total. The number of Topliss-reactive ketones (excluding diaryl/α,β-unsaturated/α-hetero) is 1. The molecule has 0 saturated carbocycles. The Balaban J connectivity index is 4.38. The number of methoxy groups -OCH3 is 1. The number of unbranched alkanes of at least 4 members (excludes halogenated alkanes) is 5. The fourth-order valence-corrected chi connectivity index (χ4v) is 2.93. The van der Waals surface area contributed by atoms with Crippen molar-refractivity contribution in [3.63, 3.8) is 0 Å². The van der Waals surface area contributed by atoms with Crippen LogP contribution < -0.4 is 0 Å². The number of halogens is 1. The Labute approximate surface area is 144 Å². The molecule has 0 rings (SSSR count). The highest BCUT2D eigenvalue weighted by Crippen LogP contribution is 2.24. The van der Waals surface area contributed by atoms with Gasteiger partial charge >= 0.3 is 5.97 Å². The van der Waals surface area contributed by atoms with Crippen molar-refractivity contribution in [2.45, 2.75) is 84.5 Å². The van der Waals surface area contributed by atoms with Gasteiger partial charge in [0.25, 0.3) is 0 Å². The molecule has 0 atom stereocenters. The van der Waals surface area contributed by atoms with Crippen molar-refractivity contribution in [3.8, 4) is 0 Å². The number of rotatable bonds is 13. The van der Waals surface area contributed by atoms with E-state index in [9.17, 15) is 9.59 Å². The van der Waals surface area contributed by atoms with Gasteiger partial charge in [-0.25, -0.2) is 4.79 Å². The number of carbonyl (C=O) groups excluding carboxylic acids is 2. The summed E-state index contributed by atoms with van der Waals surface area (Å²) in [5.41, 5.74) is 0.625. The number of esters is 1. The maximum absolute atomic E-state index is 11.9. The SMILES string of the molecule is CCCCCCC(=O)CC/C(C(=O)OC)=C(/Br)CCCCC. The normalized spacial score (nSPS) is 12.0. The van der Waals surface area contributed by atoms with Crippen molar-refractivity contribution in [2.24, 2.45) is 0 Å². The van der Waals surface area contributed by atoms with Crippen molar-refractivity contribution >= 4 is 27.7 Å². The number of carbonyl (C=O) groups is 2. The second kappa shape index (κ2) is 14.0. The monoisotopic (exact) mass is 374 g/mol. The minimum atomic E-state index is -0.317. The molecule has 0 radical (unpaired) electrons. The first kappa shape index (κ1) is 21.4. The molecule has 0 unspecified atom stereocenters. The van der Waals surface area contributed by atoms with Gasteiger partial charge in [-0.2, -0.15) is 0 Å². The van der Waals surface area contributed by atoms with Crippen LogP contribution in [0.5, 0.6) is 0 Å². The van der Waals surface area contributed by atoms with E-state index in [0.29, 0.717) is 24.8 Å². The van der Waals surface area contributed by atoms with E-state index < -0.39 is 0 Å². The van der Waals surface area contributed by atoms with Crippen LogP contribution in [0.4, 0.5) is 0 Å². The minimum Gasteiger partial charge on any atom is -0.466 e. The van der Waals surface area contributed by atoms with Crippen LogP contribution in [0.25, 0.3) is 0 Å². The molecular weight excluding hydrogens is 344 g/mol. The minimum absolute atomic E-state index is 0.242. The third kappa shape index (κ3) is 10.1. The summed E-state index contributed by atoms with van der Waals surface area (Å²) < 4.78 is 5.74. The Morgan fingerprint density at radius 3 is 2.00 bits per heavy atom.